The number of hydrogen-bond donors (Lipinski definition) is 1. The molecular formula is C32H38O10. The Morgan fingerprint density at radius 1 is 0.833 bits per heavy atom. The van der Waals surface area contributed by atoms with E-state index in [-0.39, 0.29) is 5.56 Å². The maximum atomic E-state index is 12.3. The van der Waals surface area contributed by atoms with Crippen molar-refractivity contribution in [3.63, 3.8) is 0 Å². The molecule has 0 amide bonds. The lowest BCUT2D eigenvalue weighted by atomic mass is 9.85. The molecule has 0 spiro atoms. The summed E-state index contributed by atoms with van der Waals surface area (Å²) in [6.45, 7) is 6.27. The lowest BCUT2D eigenvalue weighted by molar-refractivity contribution is -0.360. The van der Waals surface area contributed by atoms with Crippen molar-refractivity contribution in [3.8, 4) is 0 Å². The van der Waals surface area contributed by atoms with Gasteiger partial charge in [-0.1, -0.05) is 43.3 Å². The Kier molecular flexibility index (Phi) is 9.68. The number of esters is 4. The van der Waals surface area contributed by atoms with E-state index in [1.807, 2.05) is 6.07 Å². The summed E-state index contributed by atoms with van der Waals surface area (Å²) in [5.41, 5.74) is 4.65. The summed E-state index contributed by atoms with van der Waals surface area (Å²) in [7, 11) is 0. The van der Waals surface area contributed by atoms with Gasteiger partial charge in [0.05, 0.1) is 0 Å². The van der Waals surface area contributed by atoms with Crippen LogP contribution in [0.25, 0.3) is 0 Å². The van der Waals surface area contributed by atoms with Gasteiger partial charge in [0.1, 0.15) is 12.7 Å². The van der Waals surface area contributed by atoms with Gasteiger partial charge in [0, 0.05) is 33.3 Å². The monoisotopic (exact) mass is 582 g/mol. The summed E-state index contributed by atoms with van der Waals surface area (Å²) in [5, 5.41) is 12.3. The Bertz CT molecular complexity index is 1320. The van der Waals surface area contributed by atoms with Crippen LogP contribution < -0.4 is 0 Å². The van der Waals surface area contributed by atoms with Gasteiger partial charge < -0.3 is 28.8 Å². The number of ether oxygens (including phenoxy) is 5. The summed E-state index contributed by atoms with van der Waals surface area (Å²) >= 11 is 0. The molecule has 4 rings (SSSR count). The van der Waals surface area contributed by atoms with Crippen molar-refractivity contribution < 1.29 is 48.0 Å². The van der Waals surface area contributed by atoms with Crippen LogP contribution in [0.3, 0.4) is 0 Å². The second-order valence-electron chi connectivity index (χ2n) is 10.9. The molecule has 0 unspecified atom stereocenters. The van der Waals surface area contributed by atoms with E-state index < -0.39 is 60.7 Å². The van der Waals surface area contributed by atoms with Gasteiger partial charge in [0.2, 0.25) is 11.9 Å². The molecule has 1 aliphatic carbocycles. The van der Waals surface area contributed by atoms with Crippen LogP contribution in [-0.2, 0) is 61.5 Å². The zero-order chi connectivity index (χ0) is 30.6. The SMILES string of the molecule is CCc1ccc(Cc2cc([C@@]3(O)O[C@H](COC(C)=O)[C@@H](OC(C)=O)[C@H](OC(C)=O)[C@H]3OC(C)=O)ccc2C2CC2)cc1. The molecule has 2 aromatic carbocycles. The van der Waals surface area contributed by atoms with Crippen LogP contribution in [-0.4, -0.2) is 60.0 Å². The van der Waals surface area contributed by atoms with E-state index in [0.29, 0.717) is 12.3 Å². The van der Waals surface area contributed by atoms with Crippen LogP contribution in [0.2, 0.25) is 0 Å². The topological polar surface area (TPSA) is 135 Å². The highest BCUT2D eigenvalue weighted by atomic mass is 16.7. The van der Waals surface area contributed by atoms with Crippen molar-refractivity contribution in [2.45, 2.75) is 96.4 Å². The molecular weight excluding hydrogens is 544 g/mol. The Hall–Kier alpha value is -3.76. The Balaban J connectivity index is 1.82. The lowest BCUT2D eigenvalue weighted by Crippen LogP contribution is -2.66. The molecule has 0 bridgehead atoms. The fraction of sp³-hybridized carbons (Fsp3) is 0.500. The Labute approximate surface area is 245 Å². The quantitative estimate of drug-likeness (QED) is 0.327. The van der Waals surface area contributed by atoms with Crippen LogP contribution >= 0.6 is 0 Å². The maximum Gasteiger partial charge on any atom is 0.303 e. The molecule has 1 saturated carbocycles. The molecule has 10 nitrogen and oxygen atoms in total. The minimum atomic E-state index is -2.36. The van der Waals surface area contributed by atoms with Gasteiger partial charge in [-0.15, -0.1) is 0 Å². The molecule has 42 heavy (non-hydrogen) atoms. The summed E-state index contributed by atoms with van der Waals surface area (Å²) in [6.07, 6.45) is -2.12. The number of carbonyl (C=O) groups is 4. The van der Waals surface area contributed by atoms with Gasteiger partial charge in [-0.25, -0.2) is 0 Å². The fourth-order valence-electron chi connectivity index (χ4n) is 5.40. The van der Waals surface area contributed by atoms with Crippen molar-refractivity contribution in [1.29, 1.82) is 0 Å². The zero-order valence-corrected chi connectivity index (χ0v) is 24.6. The first kappa shape index (κ1) is 31.2. The van der Waals surface area contributed by atoms with Gasteiger partial charge in [-0.3, -0.25) is 19.2 Å². The molecule has 1 N–H and O–H groups in total. The average Bonchev–Trinajstić information content (AvgIpc) is 3.76. The molecule has 0 radical (unpaired) electrons. The molecule has 10 heteroatoms. The van der Waals surface area contributed by atoms with Crippen molar-refractivity contribution in [2.24, 2.45) is 0 Å². The summed E-state index contributed by atoms with van der Waals surface area (Å²) in [6, 6.07) is 13.7. The highest BCUT2D eigenvalue weighted by molar-refractivity contribution is 5.69. The second-order valence-corrected chi connectivity index (χ2v) is 10.9. The predicted octanol–water partition coefficient (Wildman–Crippen LogP) is 3.62. The third-order valence-electron chi connectivity index (χ3n) is 7.45. The van der Waals surface area contributed by atoms with Crippen molar-refractivity contribution in [1.82, 2.24) is 0 Å². The molecule has 0 aromatic heterocycles. The van der Waals surface area contributed by atoms with E-state index in [0.717, 1.165) is 56.7 Å². The van der Waals surface area contributed by atoms with Gasteiger partial charge in [0.25, 0.3) is 0 Å². The summed E-state index contributed by atoms with van der Waals surface area (Å²) in [4.78, 5) is 48.2. The highest BCUT2D eigenvalue weighted by Crippen LogP contribution is 2.45. The Morgan fingerprint density at radius 2 is 1.43 bits per heavy atom. The first-order valence-electron chi connectivity index (χ1n) is 14.2. The first-order chi connectivity index (χ1) is 19.9. The number of rotatable bonds is 10. The van der Waals surface area contributed by atoms with Gasteiger partial charge in [0.15, 0.2) is 12.2 Å². The van der Waals surface area contributed by atoms with Gasteiger partial charge in [-0.05, 0) is 59.9 Å². The van der Waals surface area contributed by atoms with Crippen LogP contribution in [0.1, 0.15) is 81.2 Å². The van der Waals surface area contributed by atoms with Crippen molar-refractivity contribution in [2.75, 3.05) is 6.61 Å². The molecule has 226 valence electrons. The van der Waals surface area contributed by atoms with Gasteiger partial charge in [-0.2, -0.15) is 0 Å². The van der Waals surface area contributed by atoms with Crippen LogP contribution in [0, 0.1) is 0 Å². The summed E-state index contributed by atoms with van der Waals surface area (Å²) in [5.74, 6) is -4.91. The number of benzene rings is 2. The fourth-order valence-corrected chi connectivity index (χ4v) is 5.40. The maximum absolute atomic E-state index is 12.3. The standard InChI is InChI=1S/C32H38O10/c1-6-22-7-9-23(10-8-22)15-25-16-26(13-14-27(25)24-11-12-24)32(37)31(41-21(5)36)30(40-20(4)35)29(39-19(3)34)28(42-32)17-38-18(2)33/h7-10,13-14,16,24,28-31,37H,6,11-12,15,17H2,1-5H3/t28-,29-,30+,31-,32-/m1/s1. The number of aryl methyl sites for hydroxylation is 1. The minimum Gasteiger partial charge on any atom is -0.463 e. The second kappa shape index (κ2) is 13.0. The molecule has 2 aromatic rings. The van der Waals surface area contributed by atoms with E-state index >= 15 is 0 Å². The van der Waals surface area contributed by atoms with E-state index in [9.17, 15) is 24.3 Å². The smallest absolute Gasteiger partial charge is 0.303 e. The first-order valence-corrected chi connectivity index (χ1v) is 14.2. The van der Waals surface area contributed by atoms with Gasteiger partial charge >= 0.3 is 23.9 Å². The van der Waals surface area contributed by atoms with Crippen molar-refractivity contribution >= 4 is 23.9 Å². The van der Waals surface area contributed by atoms with E-state index in [4.69, 9.17) is 23.7 Å². The number of hydrogen-bond acceptors (Lipinski definition) is 10. The van der Waals surface area contributed by atoms with Crippen LogP contribution in [0.4, 0.5) is 0 Å². The number of aliphatic hydroxyl groups is 1. The molecule has 1 aliphatic heterocycles. The molecule has 2 fully saturated rings. The Morgan fingerprint density at radius 3 is 1.98 bits per heavy atom. The zero-order valence-electron chi connectivity index (χ0n) is 24.6. The average molecular weight is 583 g/mol. The minimum absolute atomic E-state index is 0.240. The predicted molar refractivity (Wildman–Crippen MR) is 149 cm³/mol. The van der Waals surface area contributed by atoms with E-state index in [1.165, 1.54) is 12.5 Å². The third kappa shape index (κ3) is 7.35. The van der Waals surface area contributed by atoms with Crippen molar-refractivity contribution in [3.05, 3.63) is 70.3 Å². The highest BCUT2D eigenvalue weighted by Gasteiger charge is 2.60. The summed E-state index contributed by atoms with van der Waals surface area (Å²) < 4.78 is 27.8. The molecule has 1 heterocycles. The van der Waals surface area contributed by atoms with E-state index in [1.54, 1.807) is 12.1 Å². The molecule has 2 aliphatic rings. The van der Waals surface area contributed by atoms with Crippen LogP contribution in [0.5, 0.6) is 0 Å². The molecule has 1 saturated heterocycles. The number of carbonyl (C=O) groups excluding carboxylic acids is 4. The third-order valence-corrected chi connectivity index (χ3v) is 7.45. The lowest BCUT2D eigenvalue weighted by Gasteiger charge is -2.48. The normalized spacial score (nSPS) is 25.3. The largest absolute Gasteiger partial charge is 0.463 e. The molecule has 5 atom stereocenters. The van der Waals surface area contributed by atoms with E-state index in [2.05, 4.69) is 31.2 Å². The van der Waals surface area contributed by atoms with Crippen LogP contribution in [0.15, 0.2) is 42.5 Å².